The van der Waals surface area contributed by atoms with E-state index in [1.807, 2.05) is 0 Å². The molecule has 1 aromatic heterocycles. The van der Waals surface area contributed by atoms with Gasteiger partial charge in [-0.3, -0.25) is 4.90 Å². The molecule has 0 aromatic carbocycles. The number of nitrogens with zero attached hydrogens (tertiary/aromatic N) is 1. The van der Waals surface area contributed by atoms with Gasteiger partial charge >= 0.3 is 0 Å². The SMILES string of the molecule is Cc1oc(CNC(C)(C)C)cc1CN1CCOC(C)C1. The minimum atomic E-state index is 0.112. The largest absolute Gasteiger partial charge is 0.465 e. The monoisotopic (exact) mass is 280 g/mol. The van der Waals surface area contributed by atoms with E-state index in [4.69, 9.17) is 9.15 Å². The lowest BCUT2D eigenvalue weighted by atomic mass is 10.1. The number of aryl methyl sites for hydroxylation is 1. The van der Waals surface area contributed by atoms with Crippen molar-refractivity contribution < 1.29 is 9.15 Å². The van der Waals surface area contributed by atoms with E-state index < -0.39 is 0 Å². The van der Waals surface area contributed by atoms with Gasteiger partial charge in [0.15, 0.2) is 0 Å². The minimum Gasteiger partial charge on any atom is -0.465 e. The molecule has 1 saturated heterocycles. The summed E-state index contributed by atoms with van der Waals surface area (Å²) in [5.74, 6) is 2.06. The average Bonchev–Trinajstić information content (AvgIpc) is 2.67. The molecule has 1 aromatic rings. The van der Waals surface area contributed by atoms with Crippen LogP contribution in [0.4, 0.5) is 0 Å². The van der Waals surface area contributed by atoms with Crippen LogP contribution in [0.2, 0.25) is 0 Å². The van der Waals surface area contributed by atoms with Crippen LogP contribution in [0.5, 0.6) is 0 Å². The lowest BCUT2D eigenvalue weighted by Gasteiger charge is -2.30. The molecule has 0 aliphatic carbocycles. The first kappa shape index (κ1) is 15.5. The van der Waals surface area contributed by atoms with Crippen LogP contribution in [-0.2, 0) is 17.8 Å². The average molecular weight is 280 g/mol. The maximum atomic E-state index is 5.86. The van der Waals surface area contributed by atoms with Gasteiger partial charge in [0.1, 0.15) is 11.5 Å². The van der Waals surface area contributed by atoms with E-state index in [-0.39, 0.29) is 5.54 Å². The highest BCUT2D eigenvalue weighted by atomic mass is 16.5. The summed E-state index contributed by atoms with van der Waals surface area (Å²) in [5, 5.41) is 3.46. The van der Waals surface area contributed by atoms with Crippen LogP contribution in [0.1, 0.15) is 44.8 Å². The predicted octanol–water partition coefficient (Wildman–Crippen LogP) is 2.70. The van der Waals surface area contributed by atoms with Gasteiger partial charge in [0.2, 0.25) is 0 Å². The van der Waals surface area contributed by atoms with Crippen LogP contribution in [0.3, 0.4) is 0 Å². The number of furan rings is 1. The second-order valence-corrected chi connectivity index (χ2v) is 6.81. The molecule has 1 unspecified atom stereocenters. The highest BCUT2D eigenvalue weighted by molar-refractivity contribution is 5.21. The van der Waals surface area contributed by atoms with Crippen LogP contribution < -0.4 is 5.32 Å². The fraction of sp³-hybridized carbons (Fsp3) is 0.750. The van der Waals surface area contributed by atoms with Crippen molar-refractivity contribution in [3.63, 3.8) is 0 Å². The van der Waals surface area contributed by atoms with E-state index in [2.05, 4.69) is 50.9 Å². The summed E-state index contributed by atoms with van der Waals surface area (Å²) in [6, 6.07) is 2.19. The standard InChI is InChI=1S/C16H28N2O2/c1-12-10-18(6-7-19-12)11-14-8-15(20-13(14)2)9-17-16(3,4)5/h8,12,17H,6-7,9-11H2,1-5H3. The molecule has 0 spiro atoms. The van der Waals surface area contributed by atoms with Gasteiger partial charge in [0.05, 0.1) is 19.3 Å². The number of nitrogens with one attached hydrogen (secondary N) is 1. The van der Waals surface area contributed by atoms with Crippen LogP contribution in [0.15, 0.2) is 10.5 Å². The van der Waals surface area contributed by atoms with E-state index >= 15 is 0 Å². The zero-order chi connectivity index (χ0) is 14.8. The molecule has 1 aliphatic rings. The van der Waals surface area contributed by atoms with Crippen molar-refractivity contribution >= 4 is 0 Å². The van der Waals surface area contributed by atoms with E-state index in [1.54, 1.807) is 0 Å². The summed E-state index contributed by atoms with van der Waals surface area (Å²) in [6.07, 6.45) is 0.331. The molecule has 2 rings (SSSR count). The molecule has 2 heterocycles. The third-order valence-corrected chi connectivity index (χ3v) is 3.58. The highest BCUT2D eigenvalue weighted by Gasteiger charge is 2.19. The normalized spacial score (nSPS) is 21.4. The molecular weight excluding hydrogens is 252 g/mol. The highest BCUT2D eigenvalue weighted by Crippen LogP contribution is 2.19. The van der Waals surface area contributed by atoms with Crippen molar-refractivity contribution in [3.8, 4) is 0 Å². The third kappa shape index (κ3) is 4.62. The Hall–Kier alpha value is -0.840. The van der Waals surface area contributed by atoms with Gasteiger partial charge in [-0.15, -0.1) is 0 Å². The Labute approximate surface area is 122 Å². The summed E-state index contributed by atoms with van der Waals surface area (Å²) < 4.78 is 11.4. The Morgan fingerprint density at radius 2 is 2.15 bits per heavy atom. The molecule has 4 nitrogen and oxygen atoms in total. The van der Waals surface area contributed by atoms with Crippen LogP contribution >= 0.6 is 0 Å². The fourth-order valence-corrected chi connectivity index (χ4v) is 2.46. The first-order valence-corrected chi connectivity index (χ1v) is 7.50. The van der Waals surface area contributed by atoms with Gasteiger partial charge in [0, 0.05) is 30.7 Å². The molecule has 4 heteroatoms. The van der Waals surface area contributed by atoms with Gasteiger partial charge in [-0.1, -0.05) is 0 Å². The van der Waals surface area contributed by atoms with Gasteiger partial charge in [-0.05, 0) is 40.7 Å². The van der Waals surface area contributed by atoms with Crippen molar-refractivity contribution in [1.82, 2.24) is 10.2 Å². The molecular formula is C16H28N2O2. The van der Waals surface area contributed by atoms with E-state index in [0.717, 1.165) is 44.3 Å². The molecule has 1 atom stereocenters. The molecule has 0 bridgehead atoms. The van der Waals surface area contributed by atoms with E-state index in [0.29, 0.717) is 6.10 Å². The van der Waals surface area contributed by atoms with Crippen molar-refractivity contribution in [2.75, 3.05) is 19.7 Å². The fourth-order valence-electron chi connectivity index (χ4n) is 2.46. The Morgan fingerprint density at radius 3 is 2.80 bits per heavy atom. The number of hydrogen-bond donors (Lipinski definition) is 1. The van der Waals surface area contributed by atoms with Crippen LogP contribution in [0, 0.1) is 6.92 Å². The first-order valence-electron chi connectivity index (χ1n) is 7.50. The summed E-state index contributed by atoms with van der Waals surface area (Å²) in [6.45, 7) is 15.3. The molecule has 0 radical (unpaired) electrons. The number of rotatable bonds is 4. The predicted molar refractivity (Wildman–Crippen MR) is 80.7 cm³/mol. The summed E-state index contributed by atoms with van der Waals surface area (Å²) in [5.41, 5.74) is 1.41. The van der Waals surface area contributed by atoms with Gasteiger partial charge in [-0.25, -0.2) is 0 Å². The molecule has 0 saturated carbocycles. The second kappa shape index (κ2) is 6.29. The lowest BCUT2D eigenvalue weighted by molar-refractivity contribution is -0.0213. The van der Waals surface area contributed by atoms with Crippen molar-refractivity contribution in [2.24, 2.45) is 0 Å². The molecule has 1 aliphatic heterocycles. The van der Waals surface area contributed by atoms with E-state index in [1.165, 1.54) is 5.56 Å². The second-order valence-electron chi connectivity index (χ2n) is 6.81. The molecule has 114 valence electrons. The number of ether oxygens (including phenoxy) is 1. The Balaban J connectivity index is 1.93. The molecule has 1 fully saturated rings. The molecule has 1 N–H and O–H groups in total. The maximum Gasteiger partial charge on any atom is 0.118 e. The third-order valence-electron chi connectivity index (χ3n) is 3.58. The zero-order valence-electron chi connectivity index (χ0n) is 13.5. The van der Waals surface area contributed by atoms with Crippen LogP contribution in [-0.4, -0.2) is 36.2 Å². The quantitative estimate of drug-likeness (QED) is 0.920. The summed E-state index contributed by atoms with van der Waals surface area (Å²) in [7, 11) is 0. The zero-order valence-corrected chi connectivity index (χ0v) is 13.5. The summed E-state index contributed by atoms with van der Waals surface area (Å²) in [4.78, 5) is 2.44. The number of hydrogen-bond acceptors (Lipinski definition) is 4. The van der Waals surface area contributed by atoms with Crippen molar-refractivity contribution in [2.45, 2.75) is 59.4 Å². The van der Waals surface area contributed by atoms with Gasteiger partial charge in [0.25, 0.3) is 0 Å². The Morgan fingerprint density at radius 1 is 1.40 bits per heavy atom. The number of morpholine rings is 1. The van der Waals surface area contributed by atoms with Gasteiger partial charge in [-0.2, -0.15) is 0 Å². The minimum absolute atomic E-state index is 0.112. The molecule has 0 amide bonds. The summed E-state index contributed by atoms with van der Waals surface area (Å²) >= 11 is 0. The molecule has 20 heavy (non-hydrogen) atoms. The van der Waals surface area contributed by atoms with E-state index in [9.17, 15) is 0 Å². The lowest BCUT2D eigenvalue weighted by Crippen LogP contribution is -2.40. The van der Waals surface area contributed by atoms with Crippen LogP contribution in [0.25, 0.3) is 0 Å². The smallest absolute Gasteiger partial charge is 0.118 e. The van der Waals surface area contributed by atoms with Crippen molar-refractivity contribution in [3.05, 3.63) is 23.2 Å². The first-order chi connectivity index (χ1) is 9.33. The van der Waals surface area contributed by atoms with Gasteiger partial charge < -0.3 is 14.5 Å². The van der Waals surface area contributed by atoms with Crippen molar-refractivity contribution in [1.29, 1.82) is 0 Å². The maximum absolute atomic E-state index is 5.86. The Kier molecular flexibility index (Phi) is 4.89. The Bertz CT molecular complexity index is 434. The topological polar surface area (TPSA) is 37.6 Å².